The number of hydrogen-bond acceptors (Lipinski definition) is 4. The predicted molar refractivity (Wildman–Crippen MR) is 88.7 cm³/mol. The second-order valence-electron chi connectivity index (χ2n) is 4.63. The predicted octanol–water partition coefficient (Wildman–Crippen LogP) is 3.35. The summed E-state index contributed by atoms with van der Waals surface area (Å²) in [6.45, 7) is 0. The zero-order valence-electron chi connectivity index (χ0n) is 11.8. The van der Waals surface area contributed by atoms with Crippen LogP contribution in [-0.2, 0) is 9.19 Å². The normalized spacial score (nSPS) is 11.1. The van der Waals surface area contributed by atoms with E-state index in [1.54, 1.807) is 42.6 Å². The van der Waals surface area contributed by atoms with Gasteiger partial charge in [0.2, 0.25) is 0 Å². The highest BCUT2D eigenvalue weighted by atomic mass is 31.2. The van der Waals surface area contributed by atoms with Crippen molar-refractivity contribution in [1.82, 2.24) is 4.98 Å². The van der Waals surface area contributed by atoms with E-state index in [4.69, 9.17) is 4.62 Å². The fourth-order valence-electron chi connectivity index (χ4n) is 2.04. The smallest absolute Gasteiger partial charge is 0.280 e. The molecule has 1 N–H and O–H groups in total. The first kappa shape index (κ1) is 14.5. The molecule has 0 saturated carbocycles. The number of nitrogens with one attached hydrogen (secondary N) is 1. The number of anilines is 1. The summed E-state index contributed by atoms with van der Waals surface area (Å²) in [7, 11) is -3.24. The van der Waals surface area contributed by atoms with Gasteiger partial charge < -0.3 is 0 Å². The molecule has 22 heavy (non-hydrogen) atoms. The average Bonchev–Trinajstić information content (AvgIpc) is 2.62. The van der Waals surface area contributed by atoms with Gasteiger partial charge in [0, 0.05) is 16.8 Å². The van der Waals surface area contributed by atoms with Crippen LogP contribution in [0.25, 0.3) is 0 Å². The topological polar surface area (TPSA) is 51.2 Å². The molecule has 1 heterocycles. The number of nitrogens with zero attached hydrogens (tertiary/aromatic N) is 1. The monoisotopic (exact) mass is 310 g/mol. The van der Waals surface area contributed by atoms with Crippen LogP contribution in [0.15, 0.2) is 85.1 Å². The molecule has 0 unspecified atom stereocenters. The van der Waals surface area contributed by atoms with Crippen molar-refractivity contribution in [3.63, 3.8) is 0 Å². The van der Waals surface area contributed by atoms with Crippen molar-refractivity contribution in [2.45, 2.75) is 0 Å². The van der Waals surface area contributed by atoms with Gasteiger partial charge in [-0.25, -0.2) is 15.1 Å². The van der Waals surface area contributed by atoms with Crippen molar-refractivity contribution in [2.75, 3.05) is 5.48 Å². The van der Waals surface area contributed by atoms with Crippen molar-refractivity contribution >= 4 is 23.8 Å². The van der Waals surface area contributed by atoms with Gasteiger partial charge in [0.25, 0.3) is 7.37 Å². The van der Waals surface area contributed by atoms with Crippen molar-refractivity contribution in [2.24, 2.45) is 0 Å². The van der Waals surface area contributed by atoms with Crippen LogP contribution in [0.1, 0.15) is 0 Å². The van der Waals surface area contributed by atoms with Crippen LogP contribution in [-0.4, -0.2) is 4.98 Å². The van der Waals surface area contributed by atoms with Gasteiger partial charge in [-0.1, -0.05) is 42.5 Å². The molecule has 4 nitrogen and oxygen atoms in total. The van der Waals surface area contributed by atoms with E-state index >= 15 is 0 Å². The number of rotatable bonds is 5. The quantitative estimate of drug-likeness (QED) is 0.580. The van der Waals surface area contributed by atoms with Crippen molar-refractivity contribution in [1.29, 1.82) is 0 Å². The van der Waals surface area contributed by atoms with Crippen LogP contribution in [0.4, 0.5) is 5.82 Å². The lowest BCUT2D eigenvalue weighted by Gasteiger charge is -2.19. The molecule has 3 aromatic rings. The zero-order chi connectivity index (χ0) is 15.3. The Bertz CT molecular complexity index is 721. The summed E-state index contributed by atoms with van der Waals surface area (Å²) in [6.07, 6.45) is 1.64. The lowest BCUT2D eigenvalue weighted by atomic mass is 10.4. The highest BCUT2D eigenvalue weighted by molar-refractivity contribution is 7.74. The molecular weight excluding hydrogens is 295 g/mol. The third-order valence-electron chi connectivity index (χ3n) is 3.14. The SMILES string of the molecule is O=P(ONc1ccccn1)(c1ccccc1)c1ccccc1. The molecule has 3 rings (SSSR count). The standard InChI is InChI=1S/C17H15N2O2P/c20-22(15-9-3-1-4-10-15,16-11-5-2-6-12-16)21-19-17-13-7-8-14-18-17/h1-14H,(H,18,19). The maximum atomic E-state index is 13.5. The van der Waals surface area contributed by atoms with Crippen LogP contribution in [0.3, 0.4) is 0 Å². The number of benzene rings is 2. The first-order chi connectivity index (χ1) is 10.8. The molecular formula is C17H15N2O2P. The highest BCUT2D eigenvalue weighted by Gasteiger charge is 2.29. The van der Waals surface area contributed by atoms with E-state index in [1.807, 2.05) is 42.5 Å². The molecule has 2 aromatic carbocycles. The van der Waals surface area contributed by atoms with Crippen LogP contribution in [0.5, 0.6) is 0 Å². The van der Waals surface area contributed by atoms with Gasteiger partial charge in [0.1, 0.15) is 5.82 Å². The van der Waals surface area contributed by atoms with Crippen molar-refractivity contribution < 1.29 is 9.19 Å². The molecule has 0 saturated heterocycles. The van der Waals surface area contributed by atoms with Crippen molar-refractivity contribution in [3.05, 3.63) is 85.1 Å². The maximum absolute atomic E-state index is 13.5. The summed E-state index contributed by atoms with van der Waals surface area (Å²) in [5.74, 6) is 0.509. The first-order valence-electron chi connectivity index (χ1n) is 6.86. The van der Waals surface area contributed by atoms with Gasteiger partial charge in [0.15, 0.2) is 0 Å². The largest absolute Gasteiger partial charge is 0.283 e. The van der Waals surface area contributed by atoms with Gasteiger partial charge in [-0.3, -0.25) is 4.57 Å². The molecule has 110 valence electrons. The molecule has 0 aliphatic rings. The summed E-state index contributed by atoms with van der Waals surface area (Å²) in [4.78, 5) is 4.11. The van der Waals surface area contributed by atoms with Crippen molar-refractivity contribution in [3.8, 4) is 0 Å². The van der Waals surface area contributed by atoms with Gasteiger partial charge in [-0.15, -0.1) is 0 Å². The molecule has 5 heteroatoms. The van der Waals surface area contributed by atoms with Crippen LogP contribution in [0.2, 0.25) is 0 Å². The van der Waals surface area contributed by atoms with Gasteiger partial charge in [0.05, 0.1) is 0 Å². The summed E-state index contributed by atoms with van der Waals surface area (Å²) in [5, 5.41) is 1.26. The summed E-state index contributed by atoms with van der Waals surface area (Å²) in [5.41, 5.74) is 2.71. The minimum absolute atomic E-state index is 0.509. The van der Waals surface area contributed by atoms with Crippen LogP contribution < -0.4 is 16.1 Å². The van der Waals surface area contributed by atoms with E-state index in [-0.39, 0.29) is 0 Å². The zero-order valence-corrected chi connectivity index (χ0v) is 12.7. The minimum atomic E-state index is -3.24. The molecule has 0 radical (unpaired) electrons. The first-order valence-corrected chi connectivity index (χ1v) is 8.48. The minimum Gasteiger partial charge on any atom is -0.280 e. The fraction of sp³-hybridized carbons (Fsp3) is 0. The maximum Gasteiger partial charge on any atom is 0.283 e. The Morgan fingerprint density at radius 1 is 0.773 bits per heavy atom. The van der Waals surface area contributed by atoms with E-state index in [2.05, 4.69) is 10.5 Å². The summed E-state index contributed by atoms with van der Waals surface area (Å²) in [6, 6.07) is 23.7. The van der Waals surface area contributed by atoms with E-state index in [1.165, 1.54) is 0 Å². The Labute approximate surface area is 129 Å². The molecule has 0 aliphatic heterocycles. The van der Waals surface area contributed by atoms with Crippen LogP contribution in [0, 0.1) is 0 Å². The molecule has 0 atom stereocenters. The Morgan fingerprint density at radius 3 is 1.82 bits per heavy atom. The third-order valence-corrected chi connectivity index (χ3v) is 5.44. The average molecular weight is 310 g/mol. The molecule has 0 bridgehead atoms. The highest BCUT2D eigenvalue weighted by Crippen LogP contribution is 2.44. The second kappa shape index (κ2) is 6.56. The molecule has 0 spiro atoms. The lowest BCUT2D eigenvalue weighted by Crippen LogP contribution is -2.20. The van der Waals surface area contributed by atoms with Gasteiger partial charge in [-0.2, -0.15) is 0 Å². The Morgan fingerprint density at radius 2 is 1.32 bits per heavy atom. The second-order valence-corrected chi connectivity index (χ2v) is 6.95. The third kappa shape index (κ3) is 3.08. The number of pyridine rings is 1. The molecule has 0 fully saturated rings. The van der Waals surface area contributed by atoms with E-state index in [0.717, 1.165) is 0 Å². The summed E-state index contributed by atoms with van der Waals surface area (Å²) < 4.78 is 19.1. The molecule has 0 aliphatic carbocycles. The Balaban J connectivity index is 1.95. The Kier molecular flexibility index (Phi) is 4.33. The summed E-state index contributed by atoms with van der Waals surface area (Å²) >= 11 is 0. The fourth-order valence-corrected chi connectivity index (χ4v) is 3.90. The Hall–Kier alpha value is -2.42. The van der Waals surface area contributed by atoms with E-state index in [0.29, 0.717) is 16.4 Å². The number of hydrogen-bond donors (Lipinski definition) is 1. The number of aromatic nitrogens is 1. The van der Waals surface area contributed by atoms with Gasteiger partial charge in [-0.05, 0) is 36.4 Å². The molecule has 0 amide bonds. The van der Waals surface area contributed by atoms with E-state index < -0.39 is 7.37 Å². The van der Waals surface area contributed by atoms with Crippen LogP contribution >= 0.6 is 7.37 Å². The lowest BCUT2D eigenvalue weighted by molar-refractivity contribution is 0.402. The van der Waals surface area contributed by atoms with Gasteiger partial charge >= 0.3 is 0 Å². The molecule has 1 aromatic heterocycles. The van der Waals surface area contributed by atoms with E-state index in [9.17, 15) is 4.57 Å².